The van der Waals surface area contributed by atoms with Gasteiger partial charge >= 0.3 is 0 Å². The molecule has 82 valence electrons. The van der Waals surface area contributed by atoms with Gasteiger partial charge in [0.05, 0.1) is 4.90 Å². The maximum absolute atomic E-state index is 9.62. The van der Waals surface area contributed by atoms with Gasteiger partial charge in [-0.3, -0.25) is 0 Å². The third-order valence-corrected chi connectivity index (χ3v) is 3.50. The standard InChI is InChI=1S/C12H9BrO2S/c13-8-2-1-3-10(6-8)16-12-7-9(14)4-5-11(12)15/h1-7,14-15H. The Balaban J connectivity index is 2.30. The van der Waals surface area contributed by atoms with Gasteiger partial charge in [0.1, 0.15) is 11.5 Å². The van der Waals surface area contributed by atoms with Crippen LogP contribution in [-0.2, 0) is 0 Å². The minimum Gasteiger partial charge on any atom is -0.508 e. The fourth-order valence-electron chi connectivity index (χ4n) is 1.24. The van der Waals surface area contributed by atoms with Gasteiger partial charge in [0.15, 0.2) is 0 Å². The largest absolute Gasteiger partial charge is 0.508 e. The molecule has 16 heavy (non-hydrogen) atoms. The monoisotopic (exact) mass is 296 g/mol. The Morgan fingerprint density at radius 3 is 2.56 bits per heavy atom. The molecule has 0 heterocycles. The number of aromatic hydroxyl groups is 2. The lowest BCUT2D eigenvalue weighted by Crippen LogP contribution is -1.76. The van der Waals surface area contributed by atoms with Gasteiger partial charge in [-0.1, -0.05) is 33.8 Å². The first-order valence-corrected chi connectivity index (χ1v) is 6.21. The predicted molar refractivity (Wildman–Crippen MR) is 68.0 cm³/mol. The number of rotatable bonds is 2. The third-order valence-electron chi connectivity index (χ3n) is 1.97. The van der Waals surface area contributed by atoms with Crippen LogP contribution in [-0.4, -0.2) is 10.2 Å². The van der Waals surface area contributed by atoms with Crippen LogP contribution in [0.4, 0.5) is 0 Å². The molecule has 0 aliphatic carbocycles. The Labute approximate surface area is 106 Å². The summed E-state index contributed by atoms with van der Waals surface area (Å²) in [5.74, 6) is 0.318. The molecule has 0 saturated heterocycles. The highest BCUT2D eigenvalue weighted by Crippen LogP contribution is 2.37. The van der Waals surface area contributed by atoms with Crippen LogP contribution in [0.1, 0.15) is 0 Å². The van der Waals surface area contributed by atoms with E-state index in [0.717, 1.165) is 9.37 Å². The Morgan fingerprint density at radius 2 is 1.81 bits per heavy atom. The van der Waals surface area contributed by atoms with Crippen molar-refractivity contribution in [3.05, 3.63) is 46.9 Å². The zero-order valence-electron chi connectivity index (χ0n) is 8.22. The van der Waals surface area contributed by atoms with Gasteiger partial charge in [-0.05, 0) is 36.4 Å². The van der Waals surface area contributed by atoms with Crippen LogP contribution < -0.4 is 0 Å². The molecule has 0 unspecified atom stereocenters. The molecular formula is C12H9BrO2S. The van der Waals surface area contributed by atoms with Crippen molar-refractivity contribution in [3.63, 3.8) is 0 Å². The van der Waals surface area contributed by atoms with E-state index in [4.69, 9.17) is 0 Å². The average molecular weight is 297 g/mol. The minimum atomic E-state index is 0.148. The van der Waals surface area contributed by atoms with Gasteiger partial charge in [-0.15, -0.1) is 0 Å². The summed E-state index contributed by atoms with van der Waals surface area (Å²) in [7, 11) is 0. The van der Waals surface area contributed by atoms with Crippen molar-refractivity contribution < 1.29 is 10.2 Å². The topological polar surface area (TPSA) is 40.5 Å². The Bertz CT molecular complexity index is 514. The molecule has 2 rings (SSSR count). The van der Waals surface area contributed by atoms with Crippen LogP contribution in [0.15, 0.2) is 56.7 Å². The second-order valence-electron chi connectivity index (χ2n) is 3.21. The summed E-state index contributed by atoms with van der Waals surface area (Å²) in [6, 6.07) is 12.2. The Kier molecular flexibility index (Phi) is 3.41. The fraction of sp³-hybridized carbons (Fsp3) is 0. The molecule has 0 saturated carbocycles. The quantitative estimate of drug-likeness (QED) is 0.823. The van der Waals surface area contributed by atoms with E-state index in [0.29, 0.717) is 4.90 Å². The van der Waals surface area contributed by atoms with E-state index in [1.165, 1.54) is 23.9 Å². The fourth-order valence-corrected chi connectivity index (χ4v) is 2.73. The lowest BCUT2D eigenvalue weighted by atomic mass is 10.3. The second kappa shape index (κ2) is 4.80. The van der Waals surface area contributed by atoms with Gasteiger partial charge in [0, 0.05) is 9.37 Å². The van der Waals surface area contributed by atoms with E-state index in [1.807, 2.05) is 24.3 Å². The Hall–Kier alpha value is -1.13. The average Bonchev–Trinajstić information content (AvgIpc) is 2.24. The smallest absolute Gasteiger partial charge is 0.129 e. The molecule has 0 spiro atoms. The van der Waals surface area contributed by atoms with Crippen molar-refractivity contribution in [2.24, 2.45) is 0 Å². The molecule has 0 atom stereocenters. The molecule has 2 aromatic carbocycles. The minimum absolute atomic E-state index is 0.148. The summed E-state index contributed by atoms with van der Waals surface area (Å²) in [6.07, 6.45) is 0. The molecule has 0 aliphatic rings. The number of halogens is 1. The molecule has 4 heteroatoms. The van der Waals surface area contributed by atoms with Crippen LogP contribution >= 0.6 is 27.7 Å². The second-order valence-corrected chi connectivity index (χ2v) is 5.24. The number of benzene rings is 2. The van der Waals surface area contributed by atoms with Gasteiger partial charge < -0.3 is 10.2 Å². The van der Waals surface area contributed by atoms with E-state index in [9.17, 15) is 10.2 Å². The van der Waals surface area contributed by atoms with Crippen molar-refractivity contribution >= 4 is 27.7 Å². The van der Waals surface area contributed by atoms with Crippen molar-refractivity contribution in [2.75, 3.05) is 0 Å². The van der Waals surface area contributed by atoms with Crippen LogP contribution in [0, 0.1) is 0 Å². The highest BCUT2D eigenvalue weighted by Gasteiger charge is 2.04. The molecule has 0 amide bonds. The van der Waals surface area contributed by atoms with E-state index < -0.39 is 0 Å². The summed E-state index contributed by atoms with van der Waals surface area (Å²) >= 11 is 4.79. The summed E-state index contributed by atoms with van der Waals surface area (Å²) in [5.41, 5.74) is 0. The SMILES string of the molecule is Oc1ccc(O)c(Sc2cccc(Br)c2)c1. The zero-order valence-corrected chi connectivity index (χ0v) is 10.6. The van der Waals surface area contributed by atoms with Crippen LogP contribution in [0.2, 0.25) is 0 Å². The van der Waals surface area contributed by atoms with E-state index in [-0.39, 0.29) is 11.5 Å². The predicted octanol–water partition coefficient (Wildman–Crippen LogP) is 4.01. The van der Waals surface area contributed by atoms with Gasteiger partial charge in [-0.2, -0.15) is 0 Å². The molecule has 0 aliphatic heterocycles. The molecule has 0 bridgehead atoms. The first-order chi connectivity index (χ1) is 7.65. The first kappa shape index (κ1) is 11.4. The van der Waals surface area contributed by atoms with E-state index in [1.54, 1.807) is 6.07 Å². The third kappa shape index (κ3) is 2.71. The van der Waals surface area contributed by atoms with Crippen molar-refractivity contribution in [2.45, 2.75) is 9.79 Å². The van der Waals surface area contributed by atoms with Crippen LogP contribution in [0.5, 0.6) is 11.5 Å². The number of phenolic OH excluding ortho intramolecular Hbond substituents is 2. The summed E-state index contributed by atoms with van der Waals surface area (Å²) in [5, 5.41) is 19.0. The maximum Gasteiger partial charge on any atom is 0.129 e. The molecule has 0 aromatic heterocycles. The van der Waals surface area contributed by atoms with Crippen molar-refractivity contribution in [1.82, 2.24) is 0 Å². The highest BCUT2D eigenvalue weighted by atomic mass is 79.9. The number of hydrogen-bond donors (Lipinski definition) is 2. The van der Waals surface area contributed by atoms with Crippen molar-refractivity contribution in [1.29, 1.82) is 0 Å². The summed E-state index contributed by atoms with van der Waals surface area (Å²) in [6.45, 7) is 0. The van der Waals surface area contributed by atoms with E-state index >= 15 is 0 Å². The maximum atomic E-state index is 9.62. The molecule has 2 aromatic rings. The first-order valence-electron chi connectivity index (χ1n) is 4.60. The highest BCUT2D eigenvalue weighted by molar-refractivity contribution is 9.10. The lowest BCUT2D eigenvalue weighted by molar-refractivity contribution is 0.448. The van der Waals surface area contributed by atoms with E-state index in [2.05, 4.69) is 15.9 Å². The molecule has 0 fully saturated rings. The summed E-state index contributed by atoms with van der Waals surface area (Å²) in [4.78, 5) is 1.63. The number of hydrogen-bond acceptors (Lipinski definition) is 3. The Morgan fingerprint density at radius 1 is 1.00 bits per heavy atom. The molecule has 2 N–H and O–H groups in total. The van der Waals surface area contributed by atoms with Gasteiger partial charge in [0.25, 0.3) is 0 Å². The van der Waals surface area contributed by atoms with Crippen LogP contribution in [0.25, 0.3) is 0 Å². The van der Waals surface area contributed by atoms with Crippen molar-refractivity contribution in [3.8, 4) is 11.5 Å². The van der Waals surface area contributed by atoms with Gasteiger partial charge in [0.2, 0.25) is 0 Å². The van der Waals surface area contributed by atoms with Gasteiger partial charge in [-0.25, -0.2) is 0 Å². The molecule has 2 nitrogen and oxygen atoms in total. The molecular weight excluding hydrogens is 288 g/mol. The normalized spacial score (nSPS) is 10.3. The zero-order chi connectivity index (χ0) is 11.5. The van der Waals surface area contributed by atoms with Crippen LogP contribution in [0.3, 0.4) is 0 Å². The number of phenols is 2. The molecule has 0 radical (unpaired) electrons. The lowest BCUT2D eigenvalue weighted by Gasteiger charge is -2.05. The summed E-state index contributed by atoms with van der Waals surface area (Å²) < 4.78 is 0.983.